The fraction of sp³-hybridized carbons (Fsp3) is 0.250. The van der Waals surface area contributed by atoms with Crippen LogP contribution >= 0.6 is 0 Å². The van der Waals surface area contributed by atoms with Crippen LogP contribution in [0.2, 0.25) is 0 Å². The van der Waals surface area contributed by atoms with Crippen molar-refractivity contribution in [2.45, 2.75) is 19.6 Å². The van der Waals surface area contributed by atoms with Gasteiger partial charge in [-0.2, -0.15) is 0 Å². The summed E-state index contributed by atoms with van der Waals surface area (Å²) in [5.41, 5.74) is 4.00. The molecule has 3 heteroatoms. The lowest BCUT2D eigenvalue weighted by Crippen LogP contribution is -2.38. The van der Waals surface area contributed by atoms with E-state index in [2.05, 4.69) is 107 Å². The molecular weight excluding hydrogens is 330 g/mol. The average Bonchev–Trinajstić information content (AvgIpc) is 2.73. The van der Waals surface area contributed by atoms with E-state index in [0.29, 0.717) is 0 Å². The molecule has 0 spiro atoms. The van der Waals surface area contributed by atoms with Gasteiger partial charge in [0.15, 0.2) is 0 Å². The Labute approximate surface area is 163 Å². The molecule has 0 aromatic heterocycles. The summed E-state index contributed by atoms with van der Waals surface area (Å²) in [6.45, 7) is 5.60. The van der Waals surface area contributed by atoms with Gasteiger partial charge in [-0.3, -0.25) is 4.90 Å². The van der Waals surface area contributed by atoms with E-state index in [-0.39, 0.29) is 0 Å². The van der Waals surface area contributed by atoms with E-state index in [4.69, 9.17) is 0 Å². The first-order valence-electron chi connectivity index (χ1n) is 9.66. The van der Waals surface area contributed by atoms with Crippen LogP contribution in [0.15, 0.2) is 91.0 Å². The molecule has 27 heavy (non-hydrogen) atoms. The predicted molar refractivity (Wildman–Crippen MR) is 113 cm³/mol. The molecule has 0 saturated carbocycles. The molecule has 0 aliphatic carbocycles. The molecule has 0 amide bonds. The second-order valence-corrected chi connectivity index (χ2v) is 6.77. The molecule has 0 aliphatic rings. The van der Waals surface area contributed by atoms with Crippen LogP contribution in [-0.4, -0.2) is 24.7 Å². The Kier molecular flexibility index (Phi) is 8.08. The zero-order chi connectivity index (χ0) is 18.6. The summed E-state index contributed by atoms with van der Waals surface area (Å²) < 4.78 is 0. The second-order valence-electron chi connectivity index (χ2n) is 6.77. The number of nitrogens with zero attached hydrogens (tertiary/aromatic N) is 1. The minimum absolute atomic E-state index is 0.872. The molecule has 2 N–H and O–H groups in total. The minimum atomic E-state index is 0.872. The van der Waals surface area contributed by atoms with E-state index >= 15 is 0 Å². The summed E-state index contributed by atoms with van der Waals surface area (Å²) in [6, 6.07) is 31.8. The monoisotopic (exact) mass is 359 g/mol. The van der Waals surface area contributed by atoms with Crippen molar-refractivity contribution in [2.24, 2.45) is 0 Å². The largest absolute Gasteiger partial charge is 0.311 e. The van der Waals surface area contributed by atoms with Crippen LogP contribution in [0.25, 0.3) is 0 Å². The number of hydrogen-bond acceptors (Lipinski definition) is 3. The third kappa shape index (κ3) is 7.35. The Hall–Kier alpha value is -2.46. The summed E-state index contributed by atoms with van der Waals surface area (Å²) in [4.78, 5) is 2.45. The van der Waals surface area contributed by atoms with E-state index in [0.717, 1.165) is 39.4 Å². The first kappa shape index (κ1) is 19.3. The maximum atomic E-state index is 3.58. The van der Waals surface area contributed by atoms with Crippen molar-refractivity contribution in [3.8, 4) is 0 Å². The number of rotatable bonds is 11. The van der Waals surface area contributed by atoms with Crippen molar-refractivity contribution in [2.75, 3.05) is 19.8 Å². The first-order chi connectivity index (χ1) is 13.4. The Bertz CT molecular complexity index is 744. The van der Waals surface area contributed by atoms with E-state index in [1.807, 2.05) is 0 Å². The van der Waals surface area contributed by atoms with Gasteiger partial charge in [-0.25, -0.2) is 0 Å². The summed E-state index contributed by atoms with van der Waals surface area (Å²) in [5.74, 6) is 0. The second kappa shape index (κ2) is 11.3. The fourth-order valence-corrected chi connectivity index (χ4v) is 3.08. The van der Waals surface area contributed by atoms with Crippen molar-refractivity contribution in [1.82, 2.24) is 15.5 Å². The van der Waals surface area contributed by atoms with Crippen LogP contribution < -0.4 is 10.6 Å². The van der Waals surface area contributed by atoms with E-state index in [1.165, 1.54) is 16.7 Å². The van der Waals surface area contributed by atoms with Gasteiger partial charge in [-0.05, 0) is 16.7 Å². The van der Waals surface area contributed by atoms with Crippen molar-refractivity contribution in [3.63, 3.8) is 0 Å². The molecule has 0 unspecified atom stereocenters. The topological polar surface area (TPSA) is 27.3 Å². The number of benzene rings is 3. The highest BCUT2D eigenvalue weighted by Crippen LogP contribution is 2.04. The zero-order valence-corrected chi connectivity index (χ0v) is 15.9. The number of hydrogen-bond donors (Lipinski definition) is 2. The molecule has 0 heterocycles. The summed E-state index contributed by atoms with van der Waals surface area (Å²) in [5, 5.41) is 7.14. The molecule has 140 valence electrons. The first-order valence-corrected chi connectivity index (χ1v) is 9.66. The fourth-order valence-electron chi connectivity index (χ4n) is 3.08. The van der Waals surface area contributed by atoms with Gasteiger partial charge in [-0.15, -0.1) is 0 Å². The normalized spacial score (nSPS) is 11.0. The minimum Gasteiger partial charge on any atom is -0.311 e. The molecule has 0 fully saturated rings. The van der Waals surface area contributed by atoms with Crippen LogP contribution in [0.5, 0.6) is 0 Å². The molecule has 0 bridgehead atoms. The summed E-state index contributed by atoms with van der Waals surface area (Å²) in [7, 11) is 0. The SMILES string of the molecule is c1ccc(CNCCN(CNCc2ccccc2)Cc2ccccc2)cc1. The summed E-state index contributed by atoms with van der Waals surface area (Å²) in [6.07, 6.45) is 0. The molecule has 3 nitrogen and oxygen atoms in total. The highest BCUT2D eigenvalue weighted by atomic mass is 15.2. The van der Waals surface area contributed by atoms with Crippen LogP contribution in [0.1, 0.15) is 16.7 Å². The predicted octanol–water partition coefficient (Wildman–Crippen LogP) is 4.03. The van der Waals surface area contributed by atoms with Gasteiger partial charge in [0.25, 0.3) is 0 Å². The molecular formula is C24H29N3. The van der Waals surface area contributed by atoms with Crippen LogP contribution in [0, 0.1) is 0 Å². The Morgan fingerprint density at radius 2 is 1.04 bits per heavy atom. The highest BCUT2D eigenvalue weighted by Gasteiger charge is 2.06. The maximum absolute atomic E-state index is 3.58. The maximum Gasteiger partial charge on any atom is 0.0486 e. The van der Waals surface area contributed by atoms with Crippen LogP contribution in [-0.2, 0) is 19.6 Å². The third-order valence-electron chi connectivity index (χ3n) is 4.53. The van der Waals surface area contributed by atoms with Gasteiger partial charge < -0.3 is 10.6 Å². The molecule has 3 rings (SSSR count). The van der Waals surface area contributed by atoms with Crippen molar-refractivity contribution in [3.05, 3.63) is 108 Å². The Morgan fingerprint density at radius 1 is 0.556 bits per heavy atom. The van der Waals surface area contributed by atoms with Gasteiger partial charge in [0.05, 0.1) is 0 Å². The Balaban J connectivity index is 1.46. The van der Waals surface area contributed by atoms with Gasteiger partial charge in [0.2, 0.25) is 0 Å². The quantitative estimate of drug-likeness (QED) is 0.400. The zero-order valence-electron chi connectivity index (χ0n) is 15.9. The lowest BCUT2D eigenvalue weighted by atomic mass is 10.2. The van der Waals surface area contributed by atoms with Crippen molar-refractivity contribution in [1.29, 1.82) is 0 Å². The van der Waals surface area contributed by atoms with E-state index in [9.17, 15) is 0 Å². The molecule has 0 radical (unpaired) electrons. The molecule has 0 saturated heterocycles. The van der Waals surface area contributed by atoms with Crippen molar-refractivity contribution >= 4 is 0 Å². The van der Waals surface area contributed by atoms with E-state index < -0.39 is 0 Å². The third-order valence-corrected chi connectivity index (χ3v) is 4.53. The van der Waals surface area contributed by atoms with Crippen LogP contribution in [0.3, 0.4) is 0 Å². The lowest BCUT2D eigenvalue weighted by molar-refractivity contribution is 0.243. The summed E-state index contributed by atoms with van der Waals surface area (Å²) >= 11 is 0. The highest BCUT2D eigenvalue weighted by molar-refractivity contribution is 5.16. The smallest absolute Gasteiger partial charge is 0.0486 e. The average molecular weight is 360 g/mol. The van der Waals surface area contributed by atoms with Gasteiger partial charge >= 0.3 is 0 Å². The molecule has 0 aliphatic heterocycles. The molecule has 3 aromatic rings. The molecule has 0 atom stereocenters. The Morgan fingerprint density at radius 3 is 1.59 bits per heavy atom. The van der Waals surface area contributed by atoms with Gasteiger partial charge in [-0.1, -0.05) is 91.0 Å². The van der Waals surface area contributed by atoms with Gasteiger partial charge in [0.1, 0.15) is 0 Å². The lowest BCUT2D eigenvalue weighted by Gasteiger charge is -2.23. The van der Waals surface area contributed by atoms with E-state index in [1.54, 1.807) is 0 Å². The van der Waals surface area contributed by atoms with Gasteiger partial charge in [0, 0.05) is 39.4 Å². The standard InChI is InChI=1S/C24H29N3/c1-4-10-22(11-5-1)18-25-16-17-27(20-24-14-8-3-9-15-24)21-26-19-23-12-6-2-7-13-23/h1-15,25-26H,16-21H2. The number of nitrogens with one attached hydrogen (secondary N) is 2. The molecule has 3 aromatic carbocycles. The van der Waals surface area contributed by atoms with Crippen LogP contribution in [0.4, 0.5) is 0 Å². The van der Waals surface area contributed by atoms with Crippen molar-refractivity contribution < 1.29 is 0 Å².